The van der Waals surface area contributed by atoms with Gasteiger partial charge in [0.1, 0.15) is 35.7 Å². The van der Waals surface area contributed by atoms with Crippen molar-refractivity contribution in [3.05, 3.63) is 52.8 Å². The third kappa shape index (κ3) is 5.57. The Bertz CT molecular complexity index is 1490. The summed E-state index contributed by atoms with van der Waals surface area (Å²) in [6.07, 6.45) is 0. The van der Waals surface area contributed by atoms with Crippen LogP contribution in [-0.2, 0) is 9.47 Å². The molecule has 0 spiro atoms. The molecular formula is C28H34N6O5. The van der Waals surface area contributed by atoms with Crippen LogP contribution in [0.15, 0.2) is 47.3 Å². The molecule has 0 bridgehead atoms. The first-order chi connectivity index (χ1) is 19.2. The number of imidazole rings is 1. The standard InChI is InChI=1S/C28H34N6O5/c29-26-24(38-18-12-32-8-14-36-15-9-32)6-5-23-27(26)31-28(34(23)39-19-13-33-10-16-37-17-11-33)21-2-1-3-22-20(21)4-7-25(35)30-22/h1-7H,8-19,29H2,(H,30,35). The molecule has 2 aromatic heterocycles. The van der Waals surface area contributed by atoms with Crippen LogP contribution < -0.4 is 20.9 Å². The summed E-state index contributed by atoms with van der Waals surface area (Å²) in [5.74, 6) is 1.21. The molecule has 0 atom stereocenters. The summed E-state index contributed by atoms with van der Waals surface area (Å²) in [4.78, 5) is 30.8. The van der Waals surface area contributed by atoms with Gasteiger partial charge in [0.2, 0.25) is 5.56 Å². The maximum absolute atomic E-state index is 11.9. The van der Waals surface area contributed by atoms with Gasteiger partial charge in [-0.1, -0.05) is 12.1 Å². The van der Waals surface area contributed by atoms with Crippen LogP contribution in [0.5, 0.6) is 5.75 Å². The molecule has 2 fully saturated rings. The lowest BCUT2D eigenvalue weighted by atomic mass is 10.1. The Morgan fingerprint density at radius 2 is 1.62 bits per heavy atom. The molecule has 0 unspecified atom stereocenters. The fourth-order valence-corrected chi connectivity index (χ4v) is 5.13. The summed E-state index contributed by atoms with van der Waals surface area (Å²) >= 11 is 0. The van der Waals surface area contributed by atoms with Gasteiger partial charge in [-0.05, 0) is 24.3 Å². The molecule has 0 aliphatic carbocycles. The highest BCUT2D eigenvalue weighted by Crippen LogP contribution is 2.35. The quantitative estimate of drug-likeness (QED) is 0.309. The molecule has 0 radical (unpaired) electrons. The first-order valence-corrected chi connectivity index (χ1v) is 13.5. The number of aromatic amines is 1. The minimum Gasteiger partial charge on any atom is -0.490 e. The summed E-state index contributed by atoms with van der Waals surface area (Å²) in [6, 6.07) is 12.9. The van der Waals surface area contributed by atoms with E-state index >= 15 is 0 Å². The SMILES string of the molecule is Nc1c(OCCN2CCOCC2)ccc2c1nc(-c1cccc3[nH]c(=O)ccc13)n2OCCN1CCOCC1. The predicted molar refractivity (Wildman–Crippen MR) is 149 cm³/mol. The summed E-state index contributed by atoms with van der Waals surface area (Å²) < 4.78 is 18.7. The van der Waals surface area contributed by atoms with Crippen LogP contribution in [0.2, 0.25) is 0 Å². The van der Waals surface area contributed by atoms with E-state index in [1.807, 2.05) is 36.4 Å². The van der Waals surface area contributed by atoms with Gasteiger partial charge >= 0.3 is 0 Å². The van der Waals surface area contributed by atoms with E-state index in [2.05, 4.69) is 14.8 Å². The molecule has 0 amide bonds. The maximum Gasteiger partial charge on any atom is 0.248 e. The van der Waals surface area contributed by atoms with Crippen molar-refractivity contribution in [2.24, 2.45) is 0 Å². The van der Waals surface area contributed by atoms with Crippen molar-refractivity contribution in [1.82, 2.24) is 24.5 Å². The van der Waals surface area contributed by atoms with Crippen LogP contribution in [0.3, 0.4) is 0 Å². The molecule has 3 N–H and O–H groups in total. The number of benzene rings is 2. The topological polar surface area (TPSA) is 120 Å². The number of morpholine rings is 2. The summed E-state index contributed by atoms with van der Waals surface area (Å²) in [6.45, 7) is 9.12. The van der Waals surface area contributed by atoms with Crippen molar-refractivity contribution in [1.29, 1.82) is 0 Å². The fraction of sp³-hybridized carbons (Fsp3) is 0.429. The van der Waals surface area contributed by atoms with E-state index in [9.17, 15) is 4.79 Å². The Kier molecular flexibility index (Phi) is 7.64. The zero-order valence-corrected chi connectivity index (χ0v) is 21.9. The maximum atomic E-state index is 11.9. The van der Waals surface area contributed by atoms with Crippen LogP contribution in [0.4, 0.5) is 5.69 Å². The summed E-state index contributed by atoms with van der Waals surface area (Å²) in [5, 5.41) is 0.867. The molecule has 0 saturated carbocycles. The number of hydrogen-bond donors (Lipinski definition) is 2. The smallest absolute Gasteiger partial charge is 0.248 e. The van der Waals surface area contributed by atoms with Gasteiger partial charge < -0.3 is 29.8 Å². The molecular weight excluding hydrogens is 500 g/mol. The number of nitrogens with one attached hydrogen (secondary N) is 1. The van der Waals surface area contributed by atoms with Crippen LogP contribution in [-0.4, -0.2) is 103 Å². The number of ether oxygens (including phenoxy) is 3. The van der Waals surface area contributed by atoms with E-state index in [4.69, 9.17) is 29.8 Å². The Labute approximate surface area is 226 Å². The van der Waals surface area contributed by atoms with Gasteiger partial charge in [0.25, 0.3) is 0 Å². The van der Waals surface area contributed by atoms with Gasteiger partial charge in [-0.15, -0.1) is 0 Å². The van der Waals surface area contributed by atoms with Crippen molar-refractivity contribution in [2.75, 3.05) is 84.6 Å². The Balaban J connectivity index is 1.32. The highest BCUT2D eigenvalue weighted by Gasteiger charge is 2.21. The summed E-state index contributed by atoms with van der Waals surface area (Å²) in [5.41, 5.74) is 9.87. The molecule has 39 heavy (non-hydrogen) atoms. The number of nitrogen functional groups attached to an aromatic ring is 1. The normalized spacial score (nSPS) is 17.1. The molecule has 4 heterocycles. The number of fused-ring (bicyclic) bond motifs is 2. The van der Waals surface area contributed by atoms with Gasteiger partial charge in [-0.25, -0.2) is 4.98 Å². The van der Waals surface area contributed by atoms with Gasteiger partial charge in [-0.3, -0.25) is 14.6 Å². The monoisotopic (exact) mass is 534 g/mol. The van der Waals surface area contributed by atoms with Crippen LogP contribution >= 0.6 is 0 Å². The number of H-pyrrole nitrogens is 1. The molecule has 11 heteroatoms. The third-order valence-corrected chi connectivity index (χ3v) is 7.29. The molecule has 2 aliphatic rings. The second-order valence-electron chi connectivity index (χ2n) is 9.75. The third-order valence-electron chi connectivity index (χ3n) is 7.29. The highest BCUT2D eigenvalue weighted by molar-refractivity contribution is 5.98. The van der Waals surface area contributed by atoms with E-state index < -0.39 is 0 Å². The van der Waals surface area contributed by atoms with E-state index in [0.29, 0.717) is 36.0 Å². The average molecular weight is 535 g/mol. The molecule has 6 rings (SSSR count). The van der Waals surface area contributed by atoms with E-state index in [1.54, 1.807) is 4.73 Å². The largest absolute Gasteiger partial charge is 0.490 e. The van der Waals surface area contributed by atoms with Gasteiger partial charge in [-0.2, -0.15) is 4.73 Å². The first-order valence-electron chi connectivity index (χ1n) is 13.5. The number of nitrogens with zero attached hydrogens (tertiary/aromatic N) is 4. The lowest BCUT2D eigenvalue weighted by Crippen LogP contribution is -2.39. The van der Waals surface area contributed by atoms with E-state index in [0.717, 1.165) is 87.7 Å². The molecule has 11 nitrogen and oxygen atoms in total. The lowest BCUT2D eigenvalue weighted by molar-refractivity contribution is 0.0195. The highest BCUT2D eigenvalue weighted by atomic mass is 16.7. The Morgan fingerprint density at radius 3 is 2.36 bits per heavy atom. The minimum atomic E-state index is -0.155. The van der Waals surface area contributed by atoms with Crippen LogP contribution in [0.1, 0.15) is 0 Å². The van der Waals surface area contributed by atoms with Crippen molar-refractivity contribution < 1.29 is 19.0 Å². The Morgan fingerprint density at radius 1 is 0.897 bits per heavy atom. The number of hydrogen-bond acceptors (Lipinski definition) is 9. The zero-order chi connectivity index (χ0) is 26.6. The van der Waals surface area contributed by atoms with Crippen molar-refractivity contribution in [3.63, 3.8) is 0 Å². The Hall–Kier alpha value is -3.64. The second-order valence-corrected chi connectivity index (χ2v) is 9.75. The zero-order valence-electron chi connectivity index (χ0n) is 21.9. The summed E-state index contributed by atoms with van der Waals surface area (Å²) in [7, 11) is 0. The van der Waals surface area contributed by atoms with Crippen molar-refractivity contribution >= 4 is 27.6 Å². The minimum absolute atomic E-state index is 0.155. The predicted octanol–water partition coefficient (Wildman–Crippen LogP) is 1.60. The molecule has 2 saturated heterocycles. The van der Waals surface area contributed by atoms with E-state index in [-0.39, 0.29) is 5.56 Å². The number of nitrogens with two attached hydrogens (primary N) is 1. The number of anilines is 1. The van der Waals surface area contributed by atoms with Crippen molar-refractivity contribution in [2.45, 2.75) is 0 Å². The van der Waals surface area contributed by atoms with E-state index in [1.165, 1.54) is 6.07 Å². The average Bonchev–Trinajstić information content (AvgIpc) is 3.34. The van der Waals surface area contributed by atoms with Crippen LogP contribution in [0.25, 0.3) is 33.3 Å². The number of pyridine rings is 1. The first kappa shape index (κ1) is 25.6. The fourth-order valence-electron chi connectivity index (χ4n) is 5.13. The second kappa shape index (κ2) is 11.6. The van der Waals surface area contributed by atoms with Gasteiger partial charge in [0.05, 0.1) is 26.4 Å². The molecule has 2 aliphatic heterocycles. The molecule has 2 aromatic carbocycles. The number of rotatable bonds is 9. The molecule has 4 aromatic rings. The van der Waals surface area contributed by atoms with Gasteiger partial charge in [0, 0.05) is 61.8 Å². The van der Waals surface area contributed by atoms with Gasteiger partial charge in [0.15, 0.2) is 5.82 Å². The van der Waals surface area contributed by atoms with Crippen molar-refractivity contribution in [3.8, 4) is 17.1 Å². The lowest BCUT2D eigenvalue weighted by Gasteiger charge is -2.26. The van der Waals surface area contributed by atoms with Crippen LogP contribution in [0, 0.1) is 0 Å². The molecule has 206 valence electrons. The number of aromatic nitrogens is 3.